The lowest BCUT2D eigenvalue weighted by molar-refractivity contribution is 1.18. The van der Waals surface area contributed by atoms with E-state index >= 15 is 0 Å². The summed E-state index contributed by atoms with van der Waals surface area (Å²) in [6, 6.07) is 48.3. The van der Waals surface area contributed by atoms with Crippen LogP contribution in [0.2, 0.25) is 0 Å². The Balaban J connectivity index is 1.29. The summed E-state index contributed by atoms with van der Waals surface area (Å²) >= 11 is 5.80. The van der Waals surface area contributed by atoms with E-state index in [-0.39, 0.29) is 0 Å². The van der Waals surface area contributed by atoms with Crippen LogP contribution in [0.25, 0.3) is 69.9 Å². The normalized spacial score (nSPS) is 11.7. The van der Waals surface area contributed by atoms with E-state index in [2.05, 4.69) is 154 Å². The third kappa shape index (κ3) is 3.58. The van der Waals surface area contributed by atoms with E-state index in [9.17, 15) is 0 Å². The molecule has 2 aromatic heterocycles. The molecule has 0 unspecified atom stereocenters. The zero-order chi connectivity index (χ0) is 25.9. The molecule has 8 aromatic rings. The standard InChI is InChI=1S/C36H22BrNS/c37-35-30-19-17-25(22-34(30)39-36(35)29-15-8-10-23-9-4-5-13-27(23)29)24-18-20-33-31(21-24)28-14-6-7-16-32(28)38(33)26-11-2-1-3-12-26/h1-22H. The van der Waals surface area contributed by atoms with E-state index in [1.165, 1.54) is 74.4 Å². The predicted molar refractivity (Wildman–Crippen MR) is 172 cm³/mol. The van der Waals surface area contributed by atoms with E-state index in [0.29, 0.717) is 0 Å². The zero-order valence-corrected chi connectivity index (χ0v) is 23.3. The first-order valence-electron chi connectivity index (χ1n) is 13.1. The maximum atomic E-state index is 3.95. The number of nitrogens with zero attached hydrogens (tertiary/aromatic N) is 1. The maximum Gasteiger partial charge on any atom is 0.0541 e. The molecule has 39 heavy (non-hydrogen) atoms. The zero-order valence-electron chi connectivity index (χ0n) is 20.9. The van der Waals surface area contributed by atoms with Gasteiger partial charge in [-0.1, -0.05) is 97.1 Å². The highest BCUT2D eigenvalue weighted by Crippen LogP contribution is 2.45. The number of hydrogen-bond donors (Lipinski definition) is 0. The molecular formula is C36H22BrNS. The van der Waals surface area contributed by atoms with Crippen molar-refractivity contribution in [3.63, 3.8) is 0 Å². The van der Waals surface area contributed by atoms with Crippen LogP contribution in [-0.4, -0.2) is 4.57 Å². The molecule has 0 spiro atoms. The van der Waals surface area contributed by atoms with E-state index in [0.717, 1.165) is 0 Å². The number of halogens is 1. The van der Waals surface area contributed by atoms with Crippen molar-refractivity contribution < 1.29 is 0 Å². The summed E-state index contributed by atoms with van der Waals surface area (Å²) in [5.74, 6) is 0. The Morgan fingerprint density at radius 1 is 0.513 bits per heavy atom. The molecule has 0 amide bonds. The molecule has 0 aliphatic heterocycles. The lowest BCUT2D eigenvalue weighted by atomic mass is 10.0. The van der Waals surface area contributed by atoms with Crippen LogP contribution in [0, 0.1) is 0 Å². The van der Waals surface area contributed by atoms with E-state index in [1.807, 2.05) is 11.3 Å². The highest BCUT2D eigenvalue weighted by molar-refractivity contribution is 9.10. The number of hydrogen-bond acceptors (Lipinski definition) is 1. The molecule has 2 heterocycles. The topological polar surface area (TPSA) is 4.93 Å². The van der Waals surface area contributed by atoms with Crippen LogP contribution in [0.1, 0.15) is 0 Å². The van der Waals surface area contributed by atoms with Gasteiger partial charge in [-0.25, -0.2) is 0 Å². The average Bonchev–Trinajstić information content (AvgIpc) is 3.51. The summed E-state index contributed by atoms with van der Waals surface area (Å²) in [6.45, 7) is 0. The third-order valence-corrected chi connectivity index (χ3v) is 9.96. The SMILES string of the molecule is Brc1c(-c2cccc3ccccc23)sc2cc(-c3ccc4c(c3)c3ccccc3n4-c3ccccc3)ccc12. The maximum absolute atomic E-state index is 3.95. The second kappa shape index (κ2) is 8.94. The van der Waals surface area contributed by atoms with E-state index < -0.39 is 0 Å². The van der Waals surface area contributed by atoms with Gasteiger partial charge in [0.25, 0.3) is 0 Å². The van der Waals surface area contributed by atoms with Gasteiger partial charge in [0.1, 0.15) is 0 Å². The molecule has 0 saturated carbocycles. The van der Waals surface area contributed by atoms with Crippen molar-refractivity contribution in [2.24, 2.45) is 0 Å². The minimum absolute atomic E-state index is 1.17. The summed E-state index contributed by atoms with van der Waals surface area (Å²) in [7, 11) is 0. The first-order valence-corrected chi connectivity index (χ1v) is 14.7. The van der Waals surface area contributed by atoms with Crippen molar-refractivity contribution >= 4 is 69.9 Å². The second-order valence-electron chi connectivity index (χ2n) is 9.90. The van der Waals surface area contributed by atoms with Crippen LogP contribution in [0.5, 0.6) is 0 Å². The van der Waals surface area contributed by atoms with Gasteiger partial charge in [0, 0.05) is 36.6 Å². The fourth-order valence-corrected chi connectivity index (χ4v) is 7.96. The minimum Gasteiger partial charge on any atom is -0.309 e. The molecule has 0 atom stereocenters. The Hall–Kier alpha value is -4.18. The van der Waals surface area contributed by atoms with Gasteiger partial charge in [-0.15, -0.1) is 11.3 Å². The molecule has 0 saturated heterocycles. The fraction of sp³-hybridized carbons (Fsp3) is 0. The molecule has 0 radical (unpaired) electrons. The Morgan fingerprint density at radius 3 is 2.10 bits per heavy atom. The van der Waals surface area contributed by atoms with Crippen molar-refractivity contribution in [1.29, 1.82) is 0 Å². The quantitative estimate of drug-likeness (QED) is 0.196. The molecular weight excluding hydrogens is 558 g/mol. The van der Waals surface area contributed by atoms with Crippen LogP contribution in [0.15, 0.2) is 138 Å². The fourth-order valence-electron chi connectivity index (χ4n) is 5.85. The number of aromatic nitrogens is 1. The predicted octanol–water partition coefficient (Wildman–Crippen LogP) is 11.2. The highest BCUT2D eigenvalue weighted by atomic mass is 79.9. The number of thiophene rings is 1. The molecule has 0 aliphatic carbocycles. The lowest BCUT2D eigenvalue weighted by Gasteiger charge is -2.08. The van der Waals surface area contributed by atoms with Crippen LogP contribution in [-0.2, 0) is 0 Å². The minimum atomic E-state index is 1.17. The van der Waals surface area contributed by atoms with Gasteiger partial charge in [-0.3, -0.25) is 0 Å². The lowest BCUT2D eigenvalue weighted by Crippen LogP contribution is -1.92. The largest absolute Gasteiger partial charge is 0.309 e. The smallest absolute Gasteiger partial charge is 0.0541 e. The number of fused-ring (bicyclic) bond motifs is 5. The Kier molecular flexibility index (Phi) is 5.22. The Labute approximate surface area is 238 Å². The van der Waals surface area contributed by atoms with Crippen molar-refractivity contribution in [3.8, 4) is 27.3 Å². The van der Waals surface area contributed by atoms with Crippen LogP contribution in [0.3, 0.4) is 0 Å². The van der Waals surface area contributed by atoms with Gasteiger partial charge in [-0.2, -0.15) is 0 Å². The van der Waals surface area contributed by atoms with Crippen molar-refractivity contribution in [2.45, 2.75) is 0 Å². The van der Waals surface area contributed by atoms with Crippen LogP contribution < -0.4 is 0 Å². The van der Waals surface area contributed by atoms with Gasteiger partial charge in [-0.05, 0) is 74.2 Å². The number of para-hydroxylation sites is 2. The summed E-state index contributed by atoms with van der Waals surface area (Å²) in [5.41, 5.74) is 7.38. The third-order valence-electron chi connectivity index (χ3n) is 7.68. The van der Waals surface area contributed by atoms with Gasteiger partial charge >= 0.3 is 0 Å². The van der Waals surface area contributed by atoms with Crippen molar-refractivity contribution in [3.05, 3.63) is 138 Å². The summed E-state index contributed by atoms with van der Waals surface area (Å²) in [6.07, 6.45) is 0. The number of rotatable bonds is 3. The average molecular weight is 581 g/mol. The first kappa shape index (κ1) is 22.8. The van der Waals surface area contributed by atoms with E-state index in [4.69, 9.17) is 0 Å². The molecule has 0 fully saturated rings. The second-order valence-corrected chi connectivity index (χ2v) is 11.7. The van der Waals surface area contributed by atoms with Crippen molar-refractivity contribution in [2.75, 3.05) is 0 Å². The monoisotopic (exact) mass is 579 g/mol. The van der Waals surface area contributed by atoms with Crippen LogP contribution in [0.4, 0.5) is 0 Å². The molecule has 1 nitrogen and oxygen atoms in total. The number of benzene rings is 6. The Morgan fingerprint density at radius 2 is 1.21 bits per heavy atom. The molecule has 3 heteroatoms. The molecule has 0 aliphatic rings. The summed E-state index contributed by atoms with van der Waals surface area (Å²) in [4.78, 5) is 1.28. The Bertz CT molecular complexity index is 2180. The van der Waals surface area contributed by atoms with Gasteiger partial charge in [0.2, 0.25) is 0 Å². The summed E-state index contributed by atoms with van der Waals surface area (Å²) in [5, 5.41) is 6.36. The molecule has 184 valence electrons. The highest BCUT2D eigenvalue weighted by Gasteiger charge is 2.16. The van der Waals surface area contributed by atoms with Crippen LogP contribution >= 0.6 is 27.3 Å². The van der Waals surface area contributed by atoms with Gasteiger partial charge in [0.15, 0.2) is 0 Å². The molecule has 8 rings (SSSR count). The molecule has 6 aromatic carbocycles. The van der Waals surface area contributed by atoms with E-state index in [1.54, 1.807) is 0 Å². The van der Waals surface area contributed by atoms with Gasteiger partial charge in [0.05, 0.1) is 15.9 Å². The van der Waals surface area contributed by atoms with Gasteiger partial charge < -0.3 is 4.57 Å². The first-order chi connectivity index (χ1) is 19.3. The molecule has 0 bridgehead atoms. The summed E-state index contributed by atoms with van der Waals surface area (Å²) < 4.78 is 4.82. The molecule has 0 N–H and O–H groups in total. The van der Waals surface area contributed by atoms with Crippen molar-refractivity contribution in [1.82, 2.24) is 4.57 Å².